The normalized spacial score (nSPS) is 26.7. The van der Waals surface area contributed by atoms with E-state index in [1.807, 2.05) is 0 Å². The molecule has 0 aromatic carbocycles. The van der Waals surface area contributed by atoms with E-state index in [9.17, 15) is 16.8 Å². The van der Waals surface area contributed by atoms with Crippen molar-refractivity contribution in [2.75, 3.05) is 17.3 Å². The van der Waals surface area contributed by atoms with Gasteiger partial charge in [0.25, 0.3) is 0 Å². The van der Waals surface area contributed by atoms with Crippen molar-refractivity contribution in [2.24, 2.45) is 5.73 Å². The van der Waals surface area contributed by atoms with E-state index >= 15 is 0 Å². The lowest BCUT2D eigenvalue weighted by Gasteiger charge is -2.20. The monoisotopic (exact) mass is 255 g/mol. The SMILES string of the molecule is CC(C)(N)CS(=O)(=O)C1CCS(=O)(=O)C1. The van der Waals surface area contributed by atoms with Crippen LogP contribution < -0.4 is 5.73 Å². The molecule has 1 atom stereocenters. The van der Waals surface area contributed by atoms with Crippen LogP contribution in [0.4, 0.5) is 0 Å². The number of rotatable bonds is 3. The number of nitrogens with two attached hydrogens (primary N) is 1. The summed E-state index contributed by atoms with van der Waals surface area (Å²) >= 11 is 0. The summed E-state index contributed by atoms with van der Waals surface area (Å²) in [5.41, 5.74) is 4.81. The predicted octanol–water partition coefficient (Wildman–Crippen LogP) is -0.674. The Morgan fingerprint density at radius 1 is 1.40 bits per heavy atom. The van der Waals surface area contributed by atoms with Gasteiger partial charge in [-0.25, -0.2) is 16.8 Å². The van der Waals surface area contributed by atoms with Crippen LogP contribution in [0.5, 0.6) is 0 Å². The largest absolute Gasteiger partial charge is 0.325 e. The van der Waals surface area contributed by atoms with Crippen molar-refractivity contribution in [1.29, 1.82) is 0 Å². The highest BCUT2D eigenvalue weighted by molar-refractivity contribution is 7.96. The average molecular weight is 255 g/mol. The topological polar surface area (TPSA) is 94.3 Å². The first-order valence-electron chi connectivity index (χ1n) is 4.73. The average Bonchev–Trinajstić information content (AvgIpc) is 2.25. The van der Waals surface area contributed by atoms with Gasteiger partial charge in [-0.2, -0.15) is 0 Å². The van der Waals surface area contributed by atoms with Crippen LogP contribution in [-0.2, 0) is 19.7 Å². The molecule has 0 aromatic rings. The molecular weight excluding hydrogens is 238 g/mol. The molecular formula is C8H17NO4S2. The summed E-state index contributed by atoms with van der Waals surface area (Å²) in [6.45, 7) is 3.24. The Balaban J connectivity index is 2.82. The molecule has 1 heterocycles. The van der Waals surface area contributed by atoms with E-state index in [0.29, 0.717) is 0 Å². The van der Waals surface area contributed by atoms with E-state index in [1.165, 1.54) is 0 Å². The van der Waals surface area contributed by atoms with Crippen molar-refractivity contribution in [1.82, 2.24) is 0 Å². The first-order valence-corrected chi connectivity index (χ1v) is 8.26. The van der Waals surface area contributed by atoms with Gasteiger partial charge in [0.1, 0.15) is 0 Å². The molecule has 5 nitrogen and oxygen atoms in total. The van der Waals surface area contributed by atoms with E-state index in [-0.39, 0.29) is 23.7 Å². The molecule has 1 saturated heterocycles. The second-order valence-electron chi connectivity index (χ2n) is 4.82. The van der Waals surface area contributed by atoms with Crippen LogP contribution in [0.3, 0.4) is 0 Å². The maximum atomic E-state index is 11.8. The third kappa shape index (κ3) is 3.73. The minimum absolute atomic E-state index is 0.0259. The number of hydrogen-bond acceptors (Lipinski definition) is 5. The van der Waals surface area contributed by atoms with Crippen LogP contribution in [-0.4, -0.2) is 44.9 Å². The fourth-order valence-electron chi connectivity index (χ4n) is 1.68. The molecule has 1 rings (SSSR count). The Bertz CT molecular complexity index is 430. The summed E-state index contributed by atoms with van der Waals surface area (Å²) < 4.78 is 45.9. The zero-order valence-electron chi connectivity index (χ0n) is 8.93. The van der Waals surface area contributed by atoms with E-state index in [1.54, 1.807) is 13.8 Å². The van der Waals surface area contributed by atoms with Gasteiger partial charge in [-0.15, -0.1) is 0 Å². The lowest BCUT2D eigenvalue weighted by atomic mass is 10.1. The Kier molecular flexibility index (Phi) is 3.20. The van der Waals surface area contributed by atoms with Crippen molar-refractivity contribution >= 4 is 19.7 Å². The number of sulfone groups is 2. The molecule has 0 aliphatic carbocycles. The van der Waals surface area contributed by atoms with Gasteiger partial charge in [0.2, 0.25) is 0 Å². The molecule has 0 bridgehead atoms. The zero-order valence-corrected chi connectivity index (χ0v) is 10.6. The first kappa shape index (κ1) is 12.9. The van der Waals surface area contributed by atoms with E-state index in [2.05, 4.69) is 0 Å². The molecule has 2 N–H and O–H groups in total. The Labute approximate surface area is 90.9 Å². The third-order valence-electron chi connectivity index (χ3n) is 2.27. The van der Waals surface area contributed by atoms with E-state index in [4.69, 9.17) is 5.73 Å². The minimum Gasteiger partial charge on any atom is -0.325 e. The van der Waals surface area contributed by atoms with Gasteiger partial charge in [0.05, 0.1) is 22.5 Å². The minimum atomic E-state index is -3.39. The highest BCUT2D eigenvalue weighted by Gasteiger charge is 2.38. The van der Waals surface area contributed by atoms with Crippen LogP contribution in [0.25, 0.3) is 0 Å². The molecule has 90 valence electrons. The second-order valence-corrected chi connectivity index (χ2v) is 9.33. The van der Waals surface area contributed by atoms with Crippen molar-refractivity contribution in [3.05, 3.63) is 0 Å². The third-order valence-corrected chi connectivity index (χ3v) is 6.82. The van der Waals surface area contributed by atoms with Gasteiger partial charge in [0, 0.05) is 5.54 Å². The van der Waals surface area contributed by atoms with Crippen LogP contribution in [0.2, 0.25) is 0 Å². The van der Waals surface area contributed by atoms with Crippen molar-refractivity contribution < 1.29 is 16.8 Å². The first-order chi connectivity index (χ1) is 6.52. The summed E-state index contributed by atoms with van der Waals surface area (Å²) in [7, 11) is -6.55. The fourth-order valence-corrected chi connectivity index (χ4v) is 6.57. The molecule has 15 heavy (non-hydrogen) atoms. The molecule has 1 unspecified atom stereocenters. The molecule has 0 amide bonds. The van der Waals surface area contributed by atoms with Gasteiger partial charge < -0.3 is 5.73 Å². The lowest BCUT2D eigenvalue weighted by molar-refractivity contribution is 0.536. The van der Waals surface area contributed by atoms with E-state index < -0.39 is 30.5 Å². The highest BCUT2D eigenvalue weighted by Crippen LogP contribution is 2.21. The lowest BCUT2D eigenvalue weighted by Crippen LogP contribution is -2.43. The van der Waals surface area contributed by atoms with Crippen LogP contribution >= 0.6 is 0 Å². The molecule has 1 fully saturated rings. The van der Waals surface area contributed by atoms with Crippen LogP contribution in [0, 0.1) is 0 Å². The van der Waals surface area contributed by atoms with Gasteiger partial charge >= 0.3 is 0 Å². The highest BCUT2D eigenvalue weighted by atomic mass is 32.2. The van der Waals surface area contributed by atoms with Gasteiger partial charge in [0.15, 0.2) is 19.7 Å². The van der Waals surface area contributed by atoms with Crippen molar-refractivity contribution in [3.63, 3.8) is 0 Å². The zero-order chi connectivity index (χ0) is 11.9. The Hall–Kier alpha value is -0.140. The van der Waals surface area contributed by atoms with Gasteiger partial charge in [-0.1, -0.05) is 0 Å². The summed E-state index contributed by atoms with van der Waals surface area (Å²) in [5, 5.41) is -0.759. The van der Waals surface area contributed by atoms with Crippen LogP contribution in [0.1, 0.15) is 20.3 Å². The molecule has 7 heteroatoms. The number of hydrogen-bond donors (Lipinski definition) is 1. The Morgan fingerprint density at radius 2 is 1.93 bits per heavy atom. The van der Waals surface area contributed by atoms with E-state index in [0.717, 1.165) is 0 Å². The predicted molar refractivity (Wildman–Crippen MR) is 59.1 cm³/mol. The maximum Gasteiger partial charge on any atom is 0.155 e. The van der Waals surface area contributed by atoms with Gasteiger partial charge in [-0.3, -0.25) is 0 Å². The second kappa shape index (κ2) is 3.71. The summed E-state index contributed by atoms with van der Waals surface area (Å²) in [6.07, 6.45) is 0.209. The van der Waals surface area contributed by atoms with Crippen LogP contribution in [0.15, 0.2) is 0 Å². The Morgan fingerprint density at radius 3 is 2.27 bits per heavy atom. The molecule has 0 radical (unpaired) electrons. The molecule has 0 saturated carbocycles. The molecule has 1 aliphatic rings. The standard InChI is InChI=1S/C8H17NO4S2/c1-8(2,9)6-15(12,13)7-3-4-14(10,11)5-7/h7H,3-6,9H2,1-2H3. The summed E-state index contributed by atoms with van der Waals surface area (Å²) in [5.74, 6) is -0.437. The smallest absolute Gasteiger partial charge is 0.155 e. The fraction of sp³-hybridized carbons (Fsp3) is 1.00. The summed E-state index contributed by atoms with van der Waals surface area (Å²) in [6, 6.07) is 0. The van der Waals surface area contributed by atoms with Gasteiger partial charge in [-0.05, 0) is 20.3 Å². The summed E-state index contributed by atoms with van der Waals surface area (Å²) in [4.78, 5) is 0. The molecule has 0 spiro atoms. The molecule has 0 aromatic heterocycles. The maximum absolute atomic E-state index is 11.8. The van der Waals surface area contributed by atoms with Crippen molar-refractivity contribution in [2.45, 2.75) is 31.1 Å². The molecule has 1 aliphatic heterocycles. The quantitative estimate of drug-likeness (QED) is 0.721. The van der Waals surface area contributed by atoms with Crippen molar-refractivity contribution in [3.8, 4) is 0 Å².